The molecule has 19 heavy (non-hydrogen) atoms. The molecule has 1 aromatic heterocycles. The van der Waals surface area contributed by atoms with E-state index in [1.54, 1.807) is 13.2 Å². The smallest absolute Gasteiger partial charge is 0.162 e. The third kappa shape index (κ3) is 2.13. The van der Waals surface area contributed by atoms with E-state index in [-0.39, 0.29) is 0 Å². The van der Waals surface area contributed by atoms with Crippen LogP contribution in [0.1, 0.15) is 22.4 Å². The zero-order valence-corrected chi connectivity index (χ0v) is 12.8. The van der Waals surface area contributed by atoms with Crippen LogP contribution in [0.5, 0.6) is 5.75 Å². The molecule has 0 atom stereocenters. The number of benzene rings is 1. The quantitative estimate of drug-likeness (QED) is 0.919. The molecule has 98 valence electrons. The molecular formula is C14H14BrN3O. The fraction of sp³-hybridized carbons (Fsp3) is 0.286. The number of aromatic amines is 1. The van der Waals surface area contributed by atoms with E-state index in [4.69, 9.17) is 10.00 Å². The molecule has 0 saturated heterocycles. The second-order valence-electron chi connectivity index (χ2n) is 4.38. The maximum Gasteiger partial charge on any atom is 0.162 e. The van der Waals surface area contributed by atoms with E-state index >= 15 is 0 Å². The summed E-state index contributed by atoms with van der Waals surface area (Å²) in [5.74, 6) is 0.811. The van der Waals surface area contributed by atoms with Gasteiger partial charge in [-0.15, -0.1) is 0 Å². The Balaban J connectivity index is 2.79. The molecule has 2 aromatic rings. The van der Waals surface area contributed by atoms with Crippen molar-refractivity contribution in [2.24, 2.45) is 0 Å². The average molecular weight is 320 g/mol. The number of aromatic nitrogens is 2. The first kappa shape index (κ1) is 13.6. The Morgan fingerprint density at radius 1 is 1.26 bits per heavy atom. The SMILES string of the molecule is COc1c(C)c(C)c(Br)c(C)c1-c1cc(C#N)n[nH]1. The maximum atomic E-state index is 8.87. The predicted octanol–water partition coefficient (Wildman–Crippen LogP) is 3.64. The fourth-order valence-electron chi connectivity index (χ4n) is 2.17. The normalized spacial score (nSPS) is 10.3. The van der Waals surface area contributed by atoms with Crippen molar-refractivity contribution in [1.82, 2.24) is 10.2 Å². The first-order chi connectivity index (χ1) is 9.01. The molecule has 0 saturated carbocycles. The van der Waals surface area contributed by atoms with Crippen LogP contribution in [0.25, 0.3) is 11.3 Å². The highest BCUT2D eigenvalue weighted by Crippen LogP contribution is 2.41. The molecule has 0 bridgehead atoms. The number of nitrogens with zero attached hydrogens (tertiary/aromatic N) is 2. The summed E-state index contributed by atoms with van der Waals surface area (Å²) in [6.45, 7) is 6.08. The van der Waals surface area contributed by atoms with Crippen molar-refractivity contribution < 1.29 is 4.74 Å². The number of H-pyrrole nitrogens is 1. The van der Waals surface area contributed by atoms with Crippen LogP contribution in [0.3, 0.4) is 0 Å². The molecule has 4 nitrogen and oxygen atoms in total. The van der Waals surface area contributed by atoms with E-state index < -0.39 is 0 Å². The Morgan fingerprint density at radius 2 is 1.95 bits per heavy atom. The largest absolute Gasteiger partial charge is 0.496 e. The summed E-state index contributed by atoms with van der Waals surface area (Å²) in [5.41, 5.74) is 5.38. The van der Waals surface area contributed by atoms with Gasteiger partial charge in [-0.3, -0.25) is 5.10 Å². The number of methoxy groups -OCH3 is 1. The first-order valence-corrected chi connectivity index (χ1v) is 6.59. The standard InChI is InChI=1S/C14H14BrN3O/c1-7-8(2)14(19-4)12(9(3)13(7)15)11-5-10(6-16)17-18-11/h5H,1-4H3,(H,17,18). The Morgan fingerprint density at radius 3 is 2.47 bits per heavy atom. The molecule has 5 heteroatoms. The number of halogens is 1. The molecule has 2 rings (SSSR count). The van der Waals surface area contributed by atoms with Crippen LogP contribution in [0.2, 0.25) is 0 Å². The van der Waals surface area contributed by atoms with Crippen LogP contribution >= 0.6 is 15.9 Å². The Bertz CT molecular complexity index is 683. The van der Waals surface area contributed by atoms with Gasteiger partial charge in [0.25, 0.3) is 0 Å². The van der Waals surface area contributed by atoms with Gasteiger partial charge in [0, 0.05) is 16.1 Å². The lowest BCUT2D eigenvalue weighted by atomic mass is 9.97. The van der Waals surface area contributed by atoms with Gasteiger partial charge in [-0.05, 0) is 37.5 Å². The zero-order valence-electron chi connectivity index (χ0n) is 11.3. The summed E-state index contributed by atoms with van der Waals surface area (Å²) >= 11 is 3.61. The fourth-order valence-corrected chi connectivity index (χ4v) is 2.67. The minimum absolute atomic E-state index is 0.366. The minimum atomic E-state index is 0.366. The number of nitriles is 1. The minimum Gasteiger partial charge on any atom is -0.496 e. The van der Waals surface area contributed by atoms with Crippen LogP contribution in [0, 0.1) is 32.1 Å². The van der Waals surface area contributed by atoms with E-state index in [1.165, 1.54) is 0 Å². The number of ether oxygens (including phenoxy) is 1. The monoisotopic (exact) mass is 319 g/mol. The third-order valence-electron chi connectivity index (χ3n) is 3.33. The second kappa shape index (κ2) is 5.06. The van der Waals surface area contributed by atoms with Crippen molar-refractivity contribution in [3.05, 3.63) is 32.9 Å². The van der Waals surface area contributed by atoms with Gasteiger partial charge in [0.1, 0.15) is 11.8 Å². The van der Waals surface area contributed by atoms with Gasteiger partial charge in [-0.2, -0.15) is 10.4 Å². The van der Waals surface area contributed by atoms with Gasteiger partial charge in [0.05, 0.1) is 12.8 Å². The maximum absolute atomic E-state index is 8.87. The lowest BCUT2D eigenvalue weighted by Gasteiger charge is -2.17. The number of hydrogen-bond donors (Lipinski definition) is 1. The van der Waals surface area contributed by atoms with Crippen molar-refractivity contribution >= 4 is 15.9 Å². The van der Waals surface area contributed by atoms with Gasteiger partial charge < -0.3 is 4.74 Å². The molecule has 0 aliphatic heterocycles. The van der Waals surface area contributed by atoms with Gasteiger partial charge in [0.2, 0.25) is 0 Å². The molecule has 0 amide bonds. The number of rotatable bonds is 2. The molecule has 0 unspecified atom stereocenters. The second-order valence-corrected chi connectivity index (χ2v) is 5.17. The van der Waals surface area contributed by atoms with Crippen molar-refractivity contribution in [2.75, 3.05) is 7.11 Å². The summed E-state index contributed by atoms with van der Waals surface area (Å²) in [4.78, 5) is 0. The number of hydrogen-bond acceptors (Lipinski definition) is 3. The molecular weight excluding hydrogens is 306 g/mol. The van der Waals surface area contributed by atoms with E-state index in [1.807, 2.05) is 26.8 Å². The van der Waals surface area contributed by atoms with Crippen molar-refractivity contribution in [1.29, 1.82) is 5.26 Å². The Hall–Kier alpha value is -1.80. The van der Waals surface area contributed by atoms with Crippen LogP contribution in [0.15, 0.2) is 10.5 Å². The van der Waals surface area contributed by atoms with Gasteiger partial charge in [-0.25, -0.2) is 0 Å². The summed E-state index contributed by atoms with van der Waals surface area (Å²) in [7, 11) is 1.65. The zero-order chi connectivity index (χ0) is 14.2. The van der Waals surface area contributed by atoms with Crippen molar-refractivity contribution in [3.63, 3.8) is 0 Å². The van der Waals surface area contributed by atoms with Crippen LogP contribution in [-0.2, 0) is 0 Å². The Labute approximate surface area is 120 Å². The lowest BCUT2D eigenvalue weighted by Crippen LogP contribution is -1.99. The summed E-state index contributed by atoms with van der Waals surface area (Å²) < 4.78 is 6.59. The molecule has 1 N–H and O–H groups in total. The molecule has 0 aliphatic carbocycles. The summed E-state index contributed by atoms with van der Waals surface area (Å²) in [6.07, 6.45) is 0. The molecule has 0 radical (unpaired) electrons. The van der Waals surface area contributed by atoms with Crippen LogP contribution in [-0.4, -0.2) is 17.3 Å². The first-order valence-electron chi connectivity index (χ1n) is 5.80. The molecule has 0 fully saturated rings. The van der Waals surface area contributed by atoms with Gasteiger partial charge >= 0.3 is 0 Å². The van der Waals surface area contributed by atoms with Gasteiger partial charge in [0.15, 0.2) is 5.69 Å². The van der Waals surface area contributed by atoms with E-state index in [0.717, 1.165) is 38.2 Å². The molecule has 1 aromatic carbocycles. The number of nitrogens with one attached hydrogen (secondary N) is 1. The van der Waals surface area contributed by atoms with E-state index in [0.29, 0.717) is 5.69 Å². The highest BCUT2D eigenvalue weighted by atomic mass is 79.9. The van der Waals surface area contributed by atoms with E-state index in [2.05, 4.69) is 26.1 Å². The topological polar surface area (TPSA) is 61.7 Å². The molecule has 0 spiro atoms. The summed E-state index contributed by atoms with van der Waals surface area (Å²) in [5, 5.41) is 15.7. The molecule has 1 heterocycles. The van der Waals surface area contributed by atoms with Crippen molar-refractivity contribution in [3.8, 4) is 23.1 Å². The molecule has 0 aliphatic rings. The van der Waals surface area contributed by atoms with Crippen molar-refractivity contribution in [2.45, 2.75) is 20.8 Å². The highest BCUT2D eigenvalue weighted by molar-refractivity contribution is 9.10. The van der Waals surface area contributed by atoms with Crippen LogP contribution < -0.4 is 4.74 Å². The Kier molecular flexibility index (Phi) is 3.63. The average Bonchev–Trinajstić information content (AvgIpc) is 2.88. The predicted molar refractivity (Wildman–Crippen MR) is 77.2 cm³/mol. The van der Waals surface area contributed by atoms with Crippen LogP contribution in [0.4, 0.5) is 0 Å². The highest BCUT2D eigenvalue weighted by Gasteiger charge is 2.19. The van der Waals surface area contributed by atoms with E-state index in [9.17, 15) is 0 Å². The lowest BCUT2D eigenvalue weighted by molar-refractivity contribution is 0.412. The summed E-state index contributed by atoms with van der Waals surface area (Å²) in [6, 6.07) is 3.75. The third-order valence-corrected chi connectivity index (χ3v) is 4.52. The van der Waals surface area contributed by atoms with Gasteiger partial charge in [-0.1, -0.05) is 15.9 Å².